The van der Waals surface area contributed by atoms with Crippen molar-refractivity contribution in [2.75, 3.05) is 12.8 Å². The zero-order valence-corrected chi connectivity index (χ0v) is 11.3. The van der Waals surface area contributed by atoms with Gasteiger partial charge < -0.3 is 15.8 Å². The van der Waals surface area contributed by atoms with Gasteiger partial charge in [0.1, 0.15) is 6.04 Å². The van der Waals surface area contributed by atoms with Crippen LogP contribution in [0.4, 0.5) is 5.69 Å². The molecule has 0 saturated carbocycles. The molecule has 0 heterocycles. The van der Waals surface area contributed by atoms with E-state index in [9.17, 15) is 9.59 Å². The van der Waals surface area contributed by atoms with Crippen molar-refractivity contribution in [1.82, 2.24) is 5.32 Å². The normalized spacial score (nSPS) is 11.8. The van der Waals surface area contributed by atoms with Gasteiger partial charge in [0.15, 0.2) is 0 Å². The summed E-state index contributed by atoms with van der Waals surface area (Å²) in [6.07, 6.45) is 0. The number of hydrogen-bond donors (Lipinski definition) is 2. The van der Waals surface area contributed by atoms with Crippen LogP contribution in [-0.4, -0.2) is 25.0 Å². The summed E-state index contributed by atoms with van der Waals surface area (Å²) in [6, 6.07) is 1.99. The maximum Gasteiger partial charge on any atom is 0.328 e. The van der Waals surface area contributed by atoms with E-state index in [1.165, 1.54) is 26.2 Å². The van der Waals surface area contributed by atoms with Crippen molar-refractivity contribution in [3.63, 3.8) is 0 Å². The van der Waals surface area contributed by atoms with Crippen molar-refractivity contribution in [2.24, 2.45) is 0 Å². The second-order valence-electron chi connectivity index (χ2n) is 3.57. The van der Waals surface area contributed by atoms with E-state index in [2.05, 4.69) is 10.1 Å². The molecule has 3 N–H and O–H groups in total. The molecular formula is C11H12Cl2N2O3. The molecule has 1 rings (SSSR count). The Morgan fingerprint density at radius 1 is 1.33 bits per heavy atom. The zero-order chi connectivity index (χ0) is 13.9. The van der Waals surface area contributed by atoms with Crippen LogP contribution in [0.1, 0.15) is 17.3 Å². The van der Waals surface area contributed by atoms with Crippen molar-refractivity contribution in [3.8, 4) is 0 Å². The number of carbonyl (C=O) groups excluding carboxylic acids is 2. The first kappa shape index (κ1) is 14.6. The average molecular weight is 291 g/mol. The van der Waals surface area contributed by atoms with Crippen LogP contribution in [0, 0.1) is 0 Å². The van der Waals surface area contributed by atoms with Crippen molar-refractivity contribution < 1.29 is 14.3 Å². The molecule has 1 unspecified atom stereocenters. The van der Waals surface area contributed by atoms with Gasteiger partial charge in [-0.05, 0) is 19.1 Å². The number of amides is 1. The molecule has 1 amide bonds. The quantitative estimate of drug-likeness (QED) is 0.658. The molecule has 0 saturated heterocycles. The number of benzene rings is 1. The molecule has 0 radical (unpaired) electrons. The topological polar surface area (TPSA) is 81.4 Å². The highest BCUT2D eigenvalue weighted by Gasteiger charge is 2.18. The van der Waals surface area contributed by atoms with Gasteiger partial charge in [-0.3, -0.25) is 4.79 Å². The van der Waals surface area contributed by atoms with Crippen molar-refractivity contribution in [1.29, 1.82) is 0 Å². The molecule has 5 nitrogen and oxygen atoms in total. The number of nitrogen functional groups attached to an aromatic ring is 1. The number of methoxy groups -OCH3 is 1. The lowest BCUT2D eigenvalue weighted by Crippen LogP contribution is -2.39. The van der Waals surface area contributed by atoms with Crippen LogP contribution < -0.4 is 11.1 Å². The molecule has 0 aliphatic carbocycles. The smallest absolute Gasteiger partial charge is 0.328 e. The van der Waals surface area contributed by atoms with Gasteiger partial charge in [-0.25, -0.2) is 4.79 Å². The van der Waals surface area contributed by atoms with Gasteiger partial charge in [-0.2, -0.15) is 0 Å². The summed E-state index contributed by atoms with van der Waals surface area (Å²) in [5.41, 5.74) is 5.97. The lowest BCUT2D eigenvalue weighted by Gasteiger charge is -2.12. The molecular weight excluding hydrogens is 279 g/mol. The number of nitrogens with two attached hydrogens (primary N) is 1. The van der Waals surface area contributed by atoms with Gasteiger partial charge in [0.05, 0.1) is 22.8 Å². The standard InChI is InChI=1S/C11H12Cl2N2O3/c1-5(11(17)18-2)15-10(16)6-3-7(12)9(14)8(13)4-6/h3-5H,14H2,1-2H3,(H,15,16). The fraction of sp³-hybridized carbons (Fsp3) is 0.273. The first-order valence-corrected chi connectivity index (χ1v) is 5.75. The van der Waals surface area contributed by atoms with E-state index in [1.807, 2.05) is 0 Å². The van der Waals surface area contributed by atoms with Crippen LogP contribution >= 0.6 is 23.2 Å². The Kier molecular flexibility index (Phi) is 4.81. The van der Waals surface area contributed by atoms with E-state index in [0.717, 1.165) is 0 Å². The molecule has 7 heteroatoms. The average Bonchev–Trinajstić information content (AvgIpc) is 2.33. The highest BCUT2D eigenvalue weighted by Crippen LogP contribution is 2.28. The second kappa shape index (κ2) is 5.93. The predicted molar refractivity (Wildman–Crippen MR) is 69.8 cm³/mol. The largest absolute Gasteiger partial charge is 0.467 e. The minimum atomic E-state index is -0.766. The third kappa shape index (κ3) is 3.27. The third-order valence-electron chi connectivity index (χ3n) is 2.24. The number of carbonyl (C=O) groups is 2. The first-order chi connectivity index (χ1) is 8.36. The van der Waals surface area contributed by atoms with Crippen LogP contribution in [0.2, 0.25) is 10.0 Å². The van der Waals surface area contributed by atoms with E-state index < -0.39 is 17.9 Å². The summed E-state index contributed by atoms with van der Waals surface area (Å²) in [5, 5.41) is 2.81. The molecule has 1 aromatic rings. The fourth-order valence-electron chi connectivity index (χ4n) is 1.23. The summed E-state index contributed by atoms with van der Waals surface area (Å²) >= 11 is 11.6. The Morgan fingerprint density at radius 2 is 1.83 bits per heavy atom. The molecule has 0 aliphatic rings. The molecule has 0 fully saturated rings. The molecule has 0 aliphatic heterocycles. The minimum absolute atomic E-state index is 0.179. The van der Waals surface area contributed by atoms with Crippen LogP contribution in [0.25, 0.3) is 0 Å². The van der Waals surface area contributed by atoms with Crippen LogP contribution in [0.3, 0.4) is 0 Å². The summed E-state index contributed by atoms with van der Waals surface area (Å²) in [4.78, 5) is 23.0. The van der Waals surface area contributed by atoms with E-state index >= 15 is 0 Å². The summed E-state index contributed by atoms with van der Waals surface area (Å²) in [5.74, 6) is -1.03. The van der Waals surface area contributed by atoms with E-state index in [1.54, 1.807) is 0 Å². The Morgan fingerprint density at radius 3 is 2.28 bits per heavy atom. The van der Waals surface area contributed by atoms with Gasteiger partial charge in [0, 0.05) is 5.56 Å². The number of esters is 1. The van der Waals surface area contributed by atoms with Crippen LogP contribution in [0.5, 0.6) is 0 Å². The van der Waals surface area contributed by atoms with Crippen molar-refractivity contribution in [3.05, 3.63) is 27.7 Å². The molecule has 0 spiro atoms. The monoisotopic (exact) mass is 290 g/mol. The minimum Gasteiger partial charge on any atom is -0.467 e. The van der Waals surface area contributed by atoms with Crippen LogP contribution in [-0.2, 0) is 9.53 Å². The maximum atomic E-state index is 11.8. The van der Waals surface area contributed by atoms with Gasteiger partial charge in [0.2, 0.25) is 0 Å². The molecule has 98 valence electrons. The van der Waals surface area contributed by atoms with Gasteiger partial charge >= 0.3 is 5.97 Å². The molecule has 0 bridgehead atoms. The van der Waals surface area contributed by atoms with Crippen molar-refractivity contribution in [2.45, 2.75) is 13.0 Å². The summed E-state index contributed by atoms with van der Waals surface area (Å²) in [6.45, 7) is 1.50. The molecule has 1 atom stereocenters. The van der Waals surface area contributed by atoms with Gasteiger partial charge in [-0.1, -0.05) is 23.2 Å². The number of rotatable bonds is 3. The Balaban J connectivity index is 2.89. The van der Waals surface area contributed by atoms with E-state index in [-0.39, 0.29) is 21.3 Å². The maximum absolute atomic E-state index is 11.8. The van der Waals surface area contributed by atoms with E-state index in [0.29, 0.717) is 0 Å². The number of hydrogen-bond acceptors (Lipinski definition) is 4. The molecule has 18 heavy (non-hydrogen) atoms. The number of nitrogens with one attached hydrogen (secondary N) is 1. The predicted octanol–water partition coefficient (Wildman–Crippen LogP) is 1.87. The Bertz CT molecular complexity index is 468. The molecule has 0 aromatic heterocycles. The number of anilines is 1. The summed E-state index contributed by atoms with van der Waals surface area (Å²) < 4.78 is 4.49. The molecule has 1 aromatic carbocycles. The Labute approximate surface area is 114 Å². The van der Waals surface area contributed by atoms with Gasteiger partial charge in [0.25, 0.3) is 5.91 Å². The zero-order valence-electron chi connectivity index (χ0n) is 9.79. The number of ether oxygens (including phenoxy) is 1. The Hall–Kier alpha value is -1.46. The lowest BCUT2D eigenvalue weighted by atomic mass is 10.2. The van der Waals surface area contributed by atoms with Crippen LogP contribution in [0.15, 0.2) is 12.1 Å². The number of halogens is 2. The SMILES string of the molecule is COC(=O)C(C)NC(=O)c1cc(Cl)c(N)c(Cl)c1. The fourth-order valence-corrected chi connectivity index (χ4v) is 1.72. The van der Waals surface area contributed by atoms with E-state index in [4.69, 9.17) is 28.9 Å². The second-order valence-corrected chi connectivity index (χ2v) is 4.39. The third-order valence-corrected chi connectivity index (χ3v) is 2.87. The lowest BCUT2D eigenvalue weighted by molar-refractivity contribution is -0.142. The van der Waals surface area contributed by atoms with Crippen molar-refractivity contribution >= 4 is 40.8 Å². The highest BCUT2D eigenvalue weighted by molar-refractivity contribution is 6.39. The summed E-state index contributed by atoms with van der Waals surface area (Å²) in [7, 11) is 1.24. The van der Waals surface area contributed by atoms with Gasteiger partial charge in [-0.15, -0.1) is 0 Å². The first-order valence-electron chi connectivity index (χ1n) is 5.00. The highest BCUT2D eigenvalue weighted by atomic mass is 35.5.